The van der Waals surface area contributed by atoms with Crippen molar-refractivity contribution in [1.82, 2.24) is 0 Å². The normalized spacial score (nSPS) is 14.3. The molecule has 0 aliphatic rings. The number of hydrogen-bond acceptors (Lipinski definition) is 3. The third-order valence-corrected chi connectivity index (χ3v) is 5.05. The molecule has 0 rings (SSSR count). The van der Waals surface area contributed by atoms with E-state index >= 15 is 0 Å². The average Bonchev–Trinajstić information content (AvgIpc) is 2.54. The van der Waals surface area contributed by atoms with Crippen LogP contribution in [0.1, 0.15) is 92.4 Å². The molecule has 0 aromatic carbocycles. The van der Waals surface area contributed by atoms with Crippen LogP contribution in [0.3, 0.4) is 0 Å². The van der Waals surface area contributed by atoms with Crippen molar-refractivity contribution in [3.05, 3.63) is 11.6 Å². The average molecular weight is 387 g/mol. The summed E-state index contributed by atoms with van der Waals surface area (Å²) in [7, 11) is 0. The van der Waals surface area contributed by atoms with Gasteiger partial charge in [-0.15, -0.1) is 11.6 Å². The summed E-state index contributed by atoms with van der Waals surface area (Å²) < 4.78 is 4.53. The first-order chi connectivity index (χ1) is 12.2. The second-order valence-electron chi connectivity index (χ2n) is 8.28. The second kappa shape index (κ2) is 15.2. The van der Waals surface area contributed by atoms with Gasteiger partial charge in [0.2, 0.25) is 0 Å². The molecule has 0 saturated carbocycles. The van der Waals surface area contributed by atoms with Gasteiger partial charge in [-0.3, -0.25) is 4.79 Å². The molecule has 0 aliphatic heterocycles. The Labute approximate surface area is 165 Å². The highest BCUT2D eigenvalue weighted by atomic mass is 35.5. The Bertz CT molecular complexity index is 429. The summed E-state index contributed by atoms with van der Waals surface area (Å²) in [5, 5.41) is 0. The summed E-state index contributed by atoms with van der Waals surface area (Å²) in [6.07, 6.45) is 12.5. The van der Waals surface area contributed by atoms with Gasteiger partial charge in [0.1, 0.15) is 5.88 Å². The third-order valence-electron chi connectivity index (χ3n) is 4.83. The fourth-order valence-corrected chi connectivity index (χ4v) is 3.20. The van der Waals surface area contributed by atoms with Crippen LogP contribution in [0.25, 0.3) is 0 Å². The van der Waals surface area contributed by atoms with Gasteiger partial charge in [-0.25, -0.2) is 4.79 Å². The summed E-state index contributed by atoms with van der Waals surface area (Å²) in [4.78, 5) is 22.4. The zero-order valence-electron chi connectivity index (χ0n) is 17.5. The number of rotatable bonds is 14. The van der Waals surface area contributed by atoms with E-state index in [-0.39, 0.29) is 5.88 Å². The smallest absolute Gasteiger partial charge is 0.338 e. The summed E-state index contributed by atoms with van der Waals surface area (Å²) in [6, 6.07) is 0. The van der Waals surface area contributed by atoms with Crippen molar-refractivity contribution < 1.29 is 14.3 Å². The van der Waals surface area contributed by atoms with Crippen LogP contribution in [-0.2, 0) is 14.3 Å². The molecule has 152 valence electrons. The van der Waals surface area contributed by atoms with Gasteiger partial charge in [-0.1, -0.05) is 78.2 Å². The van der Waals surface area contributed by atoms with Crippen molar-refractivity contribution in [2.45, 2.75) is 92.4 Å². The molecule has 0 amide bonds. The van der Waals surface area contributed by atoms with E-state index < -0.39 is 11.9 Å². The monoisotopic (exact) mass is 386 g/mol. The Morgan fingerprint density at radius 2 is 1.38 bits per heavy atom. The molecule has 0 bridgehead atoms. The molecular formula is C22H39ClO3. The highest BCUT2D eigenvalue weighted by Crippen LogP contribution is 2.22. The lowest BCUT2D eigenvalue weighted by Gasteiger charge is -2.15. The second-order valence-corrected chi connectivity index (χ2v) is 8.54. The summed E-state index contributed by atoms with van der Waals surface area (Å²) >= 11 is 5.30. The van der Waals surface area contributed by atoms with Gasteiger partial charge in [0.15, 0.2) is 0 Å². The first-order valence-corrected chi connectivity index (χ1v) is 10.8. The number of allylic oxidation sites excluding steroid dienone is 1. The van der Waals surface area contributed by atoms with E-state index in [1.54, 1.807) is 0 Å². The first-order valence-electron chi connectivity index (χ1n) is 10.2. The van der Waals surface area contributed by atoms with Crippen LogP contribution < -0.4 is 0 Å². The Balaban J connectivity index is 3.80. The maximum absolute atomic E-state index is 11.5. The van der Waals surface area contributed by atoms with Crippen molar-refractivity contribution >= 4 is 23.5 Å². The molecule has 4 heteroatoms. The molecular weight excluding hydrogens is 348 g/mol. The van der Waals surface area contributed by atoms with Crippen molar-refractivity contribution in [2.75, 3.05) is 5.88 Å². The van der Waals surface area contributed by atoms with E-state index in [1.165, 1.54) is 51.0 Å². The Morgan fingerprint density at radius 3 is 1.88 bits per heavy atom. The highest BCUT2D eigenvalue weighted by molar-refractivity contribution is 6.27. The van der Waals surface area contributed by atoms with Gasteiger partial charge < -0.3 is 4.74 Å². The van der Waals surface area contributed by atoms with Crippen LogP contribution in [0.5, 0.6) is 0 Å². The van der Waals surface area contributed by atoms with E-state index in [0.717, 1.165) is 36.2 Å². The van der Waals surface area contributed by atoms with Gasteiger partial charge in [-0.2, -0.15) is 0 Å². The minimum absolute atomic E-state index is 0.299. The molecule has 0 radical (unpaired) electrons. The Morgan fingerprint density at radius 1 is 0.885 bits per heavy atom. The number of ether oxygens (including phenoxy) is 1. The SMILES string of the molecule is C/C(=C\C(=O)OC(=O)CCl)CCC[C@H](C)CCC[C@H](C)CCCC(C)C. The van der Waals surface area contributed by atoms with Crippen LogP contribution in [0.4, 0.5) is 0 Å². The van der Waals surface area contributed by atoms with Crippen LogP contribution in [0, 0.1) is 17.8 Å². The molecule has 26 heavy (non-hydrogen) atoms. The predicted octanol–water partition coefficient (Wildman–Crippen LogP) is 6.68. The van der Waals surface area contributed by atoms with E-state index in [9.17, 15) is 9.59 Å². The predicted molar refractivity (Wildman–Crippen MR) is 110 cm³/mol. The Hall–Kier alpha value is -0.830. The van der Waals surface area contributed by atoms with Gasteiger partial charge in [0.25, 0.3) is 0 Å². The van der Waals surface area contributed by atoms with E-state index in [2.05, 4.69) is 32.4 Å². The topological polar surface area (TPSA) is 43.4 Å². The zero-order valence-corrected chi connectivity index (χ0v) is 18.2. The zero-order chi connectivity index (χ0) is 19.9. The molecule has 0 aromatic rings. The van der Waals surface area contributed by atoms with Crippen LogP contribution in [-0.4, -0.2) is 17.8 Å². The Kier molecular flexibility index (Phi) is 14.8. The standard InChI is InChI=1S/C22H39ClO3/c1-17(2)9-6-10-18(3)11-7-12-19(4)13-8-14-20(5)15-21(24)26-22(25)16-23/h15,17-19H,6-14,16H2,1-5H3/b20-15+/t18-,19-/m1/s1. The molecule has 2 atom stereocenters. The molecule has 0 unspecified atom stereocenters. The van der Waals surface area contributed by atoms with Gasteiger partial charge in [0, 0.05) is 6.08 Å². The molecule has 0 N–H and O–H groups in total. The van der Waals surface area contributed by atoms with Gasteiger partial charge in [0.05, 0.1) is 0 Å². The fraction of sp³-hybridized carbons (Fsp3) is 0.818. The largest absolute Gasteiger partial charge is 0.389 e. The van der Waals surface area contributed by atoms with Crippen molar-refractivity contribution in [2.24, 2.45) is 17.8 Å². The maximum Gasteiger partial charge on any atom is 0.338 e. The molecule has 0 aromatic heterocycles. The number of hydrogen-bond donors (Lipinski definition) is 0. The lowest BCUT2D eigenvalue weighted by Crippen LogP contribution is -2.11. The summed E-state index contributed by atoms with van der Waals surface area (Å²) in [5.41, 5.74) is 0.948. The molecule has 0 fully saturated rings. The van der Waals surface area contributed by atoms with E-state index in [0.29, 0.717) is 0 Å². The number of carbonyl (C=O) groups is 2. The van der Waals surface area contributed by atoms with E-state index in [4.69, 9.17) is 11.6 Å². The quantitative estimate of drug-likeness (QED) is 0.145. The van der Waals surface area contributed by atoms with Gasteiger partial charge in [-0.05, 0) is 37.5 Å². The molecule has 0 saturated heterocycles. The summed E-state index contributed by atoms with van der Waals surface area (Å²) in [5.74, 6) is 0.762. The first kappa shape index (κ1) is 25.2. The number of esters is 2. The minimum Gasteiger partial charge on any atom is -0.389 e. The minimum atomic E-state index is -0.701. The number of alkyl halides is 1. The van der Waals surface area contributed by atoms with Crippen molar-refractivity contribution in [3.63, 3.8) is 0 Å². The molecule has 0 spiro atoms. The fourth-order valence-electron chi connectivity index (χ4n) is 3.15. The third kappa shape index (κ3) is 15.4. The van der Waals surface area contributed by atoms with Crippen LogP contribution in [0.15, 0.2) is 11.6 Å². The van der Waals surface area contributed by atoms with Gasteiger partial charge >= 0.3 is 11.9 Å². The summed E-state index contributed by atoms with van der Waals surface area (Å²) in [6.45, 7) is 11.2. The highest BCUT2D eigenvalue weighted by Gasteiger charge is 2.08. The maximum atomic E-state index is 11.5. The van der Waals surface area contributed by atoms with Crippen LogP contribution in [0.2, 0.25) is 0 Å². The number of carbonyl (C=O) groups excluding carboxylic acids is 2. The van der Waals surface area contributed by atoms with Crippen molar-refractivity contribution in [3.8, 4) is 0 Å². The molecule has 3 nitrogen and oxygen atoms in total. The number of halogens is 1. The lowest BCUT2D eigenvalue weighted by atomic mass is 9.91. The lowest BCUT2D eigenvalue weighted by molar-refractivity contribution is -0.154. The molecule has 0 aliphatic carbocycles. The molecule has 0 heterocycles. The van der Waals surface area contributed by atoms with Crippen LogP contribution >= 0.6 is 11.6 Å². The van der Waals surface area contributed by atoms with Crippen molar-refractivity contribution in [1.29, 1.82) is 0 Å². The van der Waals surface area contributed by atoms with E-state index in [1.807, 2.05) is 6.92 Å².